The van der Waals surface area contributed by atoms with Gasteiger partial charge < -0.3 is 0 Å². The molecule has 0 amide bonds. The fraction of sp³-hybridized carbons (Fsp3) is 0.481. The molecule has 0 atom stereocenters. The van der Waals surface area contributed by atoms with E-state index in [1.54, 1.807) is 0 Å². The molecule has 3 rings (SSSR count). The summed E-state index contributed by atoms with van der Waals surface area (Å²) >= 11 is -2.62. The Bertz CT molecular complexity index is 1040. The Labute approximate surface area is 200 Å². The van der Waals surface area contributed by atoms with Gasteiger partial charge in [0, 0.05) is 0 Å². The van der Waals surface area contributed by atoms with E-state index in [2.05, 4.69) is 42.7 Å². The summed E-state index contributed by atoms with van der Waals surface area (Å²) in [6.45, 7) is 8.98. The molecule has 0 aliphatic carbocycles. The number of aryl methyl sites for hydroxylation is 1. The van der Waals surface area contributed by atoms with Crippen LogP contribution in [-0.4, -0.2) is 26.5 Å². The third kappa shape index (κ3) is 6.19. The van der Waals surface area contributed by atoms with Gasteiger partial charge in [0.2, 0.25) is 0 Å². The van der Waals surface area contributed by atoms with Crippen molar-refractivity contribution in [2.24, 2.45) is 0 Å². The van der Waals surface area contributed by atoms with E-state index in [0.29, 0.717) is 5.39 Å². The normalized spacial score (nSPS) is 11.9. The van der Waals surface area contributed by atoms with Crippen LogP contribution >= 0.6 is 8.95 Å². The van der Waals surface area contributed by atoms with Crippen LogP contribution in [0.15, 0.2) is 58.5 Å². The Hall–Kier alpha value is -1.27. The first kappa shape index (κ1) is 25.4. The van der Waals surface area contributed by atoms with Crippen molar-refractivity contribution < 1.29 is 0 Å². The van der Waals surface area contributed by atoms with E-state index >= 15 is 0 Å². The minimum atomic E-state index is -2.62. The van der Waals surface area contributed by atoms with Crippen LogP contribution in [0, 0.1) is 6.92 Å². The van der Waals surface area contributed by atoms with Crippen LogP contribution in [-0.2, 0) is 0 Å². The molecule has 32 heavy (non-hydrogen) atoms. The number of benzene rings is 2. The molecule has 0 saturated carbocycles. The summed E-state index contributed by atoms with van der Waals surface area (Å²) in [4.78, 5) is 18.9. The minimum absolute atomic E-state index is 0.0605. The number of para-hydroxylation sites is 1. The average Bonchev–Trinajstić information content (AvgIpc) is 2.80. The van der Waals surface area contributed by atoms with Gasteiger partial charge in [-0.3, -0.25) is 0 Å². The Morgan fingerprint density at radius 3 is 2.03 bits per heavy atom. The zero-order valence-electron chi connectivity index (χ0n) is 20.2. The Kier molecular flexibility index (Phi) is 9.72. The van der Waals surface area contributed by atoms with Gasteiger partial charge in [-0.2, -0.15) is 0 Å². The van der Waals surface area contributed by atoms with E-state index in [4.69, 9.17) is 4.98 Å². The third-order valence-electron chi connectivity index (χ3n) is 6.27. The topological polar surface area (TPSA) is 34.9 Å². The maximum absolute atomic E-state index is 13.7. The first-order valence-electron chi connectivity index (χ1n) is 12.3. The molecule has 0 aliphatic rings. The molecule has 0 saturated heterocycles. The van der Waals surface area contributed by atoms with Crippen LogP contribution in [0.3, 0.4) is 0 Å². The van der Waals surface area contributed by atoms with E-state index < -0.39 is 17.0 Å². The van der Waals surface area contributed by atoms with E-state index in [1.807, 2.05) is 47.0 Å². The van der Waals surface area contributed by atoms with E-state index in [9.17, 15) is 4.79 Å². The zero-order valence-corrected chi connectivity index (χ0v) is 23.9. The molecule has 5 heteroatoms. The summed E-state index contributed by atoms with van der Waals surface area (Å²) in [5, 5.41) is 1.64. The number of fused-ring (bicyclic) bond motifs is 1. The summed E-state index contributed by atoms with van der Waals surface area (Å²) in [5.74, 6) is 0. The maximum atomic E-state index is 13.7. The number of hydrogen-bond donors (Lipinski definition) is 0. The predicted octanol–water partition coefficient (Wildman–Crippen LogP) is 8.13. The summed E-state index contributed by atoms with van der Waals surface area (Å²) < 4.78 is 6.04. The summed E-state index contributed by atoms with van der Waals surface area (Å²) in [6, 6.07) is 16.1. The molecule has 0 aliphatic heterocycles. The third-order valence-corrected chi connectivity index (χ3v) is 27.4. The number of nitrogens with zero attached hydrogens (tertiary/aromatic N) is 2. The summed E-state index contributed by atoms with van der Waals surface area (Å²) in [6.07, 6.45) is 7.64. The fourth-order valence-electron chi connectivity index (χ4n) is 4.37. The van der Waals surface area contributed by atoms with Gasteiger partial charge in [0.15, 0.2) is 0 Å². The van der Waals surface area contributed by atoms with Crippen molar-refractivity contribution in [2.75, 3.05) is 0 Å². The standard InChI is InChI=1S/C15H12N2OS.3C4H9.Sn/c1-10-7-8-12-13(9-10)16-15(19)17(14(12)18)11-5-3-2-4-6-11;3*1-3-4-2;/h2-9H,1H3,(H,16,19);3*1,3-4H2,2H3;/q;;;;+1/p-1. The van der Waals surface area contributed by atoms with Gasteiger partial charge >= 0.3 is 201 Å². The number of aromatic nitrogens is 2. The van der Waals surface area contributed by atoms with Crippen molar-refractivity contribution in [3.05, 3.63) is 64.4 Å². The Balaban J connectivity index is 2.19. The molecule has 0 bridgehead atoms. The van der Waals surface area contributed by atoms with Crippen molar-refractivity contribution in [1.82, 2.24) is 9.55 Å². The summed E-state index contributed by atoms with van der Waals surface area (Å²) in [5.41, 5.74) is 2.98. The Morgan fingerprint density at radius 2 is 1.47 bits per heavy atom. The quantitative estimate of drug-likeness (QED) is 0.167. The SMILES string of the molecule is CCC[CH2][Sn]([CH2]CCC)([CH2]CCC)[S]c1nc2cc(C)ccc2c(=O)n1-c1ccccc1. The van der Waals surface area contributed by atoms with Gasteiger partial charge in [0.25, 0.3) is 0 Å². The molecule has 0 radical (unpaired) electrons. The molecule has 2 aromatic carbocycles. The average molecular weight is 557 g/mol. The molecule has 0 fully saturated rings. The fourth-order valence-corrected chi connectivity index (χ4v) is 26.2. The molecular formula is C27H38N2OSSn. The van der Waals surface area contributed by atoms with Gasteiger partial charge in [0.1, 0.15) is 0 Å². The van der Waals surface area contributed by atoms with Crippen LogP contribution in [0.25, 0.3) is 16.6 Å². The molecule has 1 aromatic heterocycles. The first-order chi connectivity index (χ1) is 15.5. The van der Waals surface area contributed by atoms with Gasteiger partial charge in [-0.1, -0.05) is 0 Å². The number of rotatable bonds is 12. The molecular weight excluding hydrogens is 519 g/mol. The van der Waals surface area contributed by atoms with Crippen molar-refractivity contribution in [2.45, 2.75) is 84.7 Å². The van der Waals surface area contributed by atoms with E-state index in [-0.39, 0.29) is 5.56 Å². The van der Waals surface area contributed by atoms with E-state index in [1.165, 1.54) is 51.8 Å². The van der Waals surface area contributed by atoms with Crippen LogP contribution < -0.4 is 5.56 Å². The second-order valence-corrected chi connectivity index (χ2v) is 28.1. The Morgan fingerprint density at radius 1 is 0.875 bits per heavy atom. The van der Waals surface area contributed by atoms with E-state index in [0.717, 1.165) is 21.9 Å². The van der Waals surface area contributed by atoms with Crippen molar-refractivity contribution in [3.8, 4) is 5.69 Å². The molecule has 0 unspecified atom stereocenters. The number of unbranched alkanes of at least 4 members (excludes halogenated alkanes) is 3. The molecule has 3 aromatic rings. The van der Waals surface area contributed by atoms with Crippen LogP contribution in [0.1, 0.15) is 64.9 Å². The predicted molar refractivity (Wildman–Crippen MR) is 143 cm³/mol. The van der Waals surface area contributed by atoms with Crippen molar-refractivity contribution in [3.63, 3.8) is 0 Å². The van der Waals surface area contributed by atoms with Crippen molar-refractivity contribution in [1.29, 1.82) is 0 Å². The molecule has 172 valence electrons. The molecule has 3 nitrogen and oxygen atoms in total. The monoisotopic (exact) mass is 558 g/mol. The van der Waals surface area contributed by atoms with Crippen LogP contribution in [0.5, 0.6) is 0 Å². The second-order valence-electron chi connectivity index (χ2n) is 8.99. The second kappa shape index (κ2) is 12.3. The summed E-state index contributed by atoms with van der Waals surface area (Å²) in [7, 11) is 2.07. The molecule has 0 spiro atoms. The first-order valence-corrected chi connectivity index (χ1v) is 22.7. The molecule has 0 N–H and O–H groups in total. The van der Waals surface area contributed by atoms with Crippen molar-refractivity contribution >= 4 is 36.8 Å². The number of hydrogen-bond acceptors (Lipinski definition) is 3. The van der Waals surface area contributed by atoms with Gasteiger partial charge in [-0.25, -0.2) is 0 Å². The van der Waals surface area contributed by atoms with Gasteiger partial charge in [-0.15, -0.1) is 0 Å². The van der Waals surface area contributed by atoms with Gasteiger partial charge in [-0.05, 0) is 0 Å². The van der Waals surface area contributed by atoms with Crippen LogP contribution in [0.2, 0.25) is 13.3 Å². The zero-order chi connectivity index (χ0) is 23.0. The molecule has 1 heterocycles. The van der Waals surface area contributed by atoms with Gasteiger partial charge in [0.05, 0.1) is 0 Å². The van der Waals surface area contributed by atoms with Crippen LogP contribution in [0.4, 0.5) is 0 Å².